The summed E-state index contributed by atoms with van der Waals surface area (Å²) in [4.78, 5) is 4.44. The second-order valence-corrected chi connectivity index (χ2v) is 4.67. The van der Waals surface area contributed by atoms with Gasteiger partial charge in [-0.25, -0.2) is 0 Å². The number of pyridine rings is 1. The number of hydrogen-bond donors (Lipinski definition) is 1. The maximum atomic E-state index is 4.45. The molecule has 0 radical (unpaired) electrons. The molecular weight excluding hydrogens is 236 g/mol. The molecule has 0 aliphatic heterocycles. The Morgan fingerprint density at radius 2 is 2.05 bits per heavy atom. The lowest BCUT2D eigenvalue weighted by atomic mass is 10.1. The lowest BCUT2D eigenvalue weighted by molar-refractivity contribution is 0.615. The summed E-state index contributed by atoms with van der Waals surface area (Å²) in [6, 6.07) is 6.30. The minimum atomic E-state index is 0.802. The summed E-state index contributed by atoms with van der Waals surface area (Å²) in [5, 5.41) is 7.90. The lowest BCUT2D eigenvalue weighted by Gasteiger charge is -2.08. The largest absolute Gasteiger partial charge is 0.306 e. The van der Waals surface area contributed by atoms with Crippen LogP contribution in [0, 0.1) is 0 Å². The number of aromatic nitrogens is 3. The van der Waals surface area contributed by atoms with Gasteiger partial charge in [-0.05, 0) is 30.5 Å². The molecule has 0 fully saturated rings. The first kappa shape index (κ1) is 13.7. The average Bonchev–Trinajstić information content (AvgIpc) is 2.80. The molecule has 0 saturated heterocycles. The minimum absolute atomic E-state index is 0.802. The van der Waals surface area contributed by atoms with Crippen LogP contribution in [0.2, 0.25) is 0 Å². The second-order valence-electron chi connectivity index (χ2n) is 4.67. The molecule has 0 atom stereocenters. The van der Waals surface area contributed by atoms with Crippen LogP contribution in [0.5, 0.6) is 0 Å². The number of nitrogens with one attached hydrogen (secondary N) is 1. The van der Waals surface area contributed by atoms with Gasteiger partial charge < -0.3 is 5.32 Å². The van der Waals surface area contributed by atoms with E-state index in [4.69, 9.17) is 0 Å². The Labute approximate surface area is 114 Å². The van der Waals surface area contributed by atoms with Gasteiger partial charge >= 0.3 is 0 Å². The van der Waals surface area contributed by atoms with Gasteiger partial charge in [0.1, 0.15) is 0 Å². The van der Waals surface area contributed by atoms with Crippen molar-refractivity contribution in [3.8, 4) is 0 Å². The highest BCUT2D eigenvalue weighted by atomic mass is 15.3. The molecule has 2 heterocycles. The molecule has 2 rings (SSSR count). The third-order valence-corrected chi connectivity index (χ3v) is 3.35. The smallest absolute Gasteiger partial charge is 0.0625 e. The SMILES string of the molecule is CCc1cc(CNCc2ncccc2CC)n(C)n1. The molecule has 102 valence electrons. The van der Waals surface area contributed by atoms with Crippen molar-refractivity contribution >= 4 is 0 Å². The maximum absolute atomic E-state index is 4.45. The molecule has 0 unspecified atom stereocenters. The minimum Gasteiger partial charge on any atom is -0.306 e. The monoisotopic (exact) mass is 258 g/mol. The van der Waals surface area contributed by atoms with E-state index >= 15 is 0 Å². The van der Waals surface area contributed by atoms with Crippen molar-refractivity contribution in [3.05, 3.63) is 47.0 Å². The summed E-state index contributed by atoms with van der Waals surface area (Å²) in [7, 11) is 1.99. The van der Waals surface area contributed by atoms with Gasteiger partial charge in [0.15, 0.2) is 0 Å². The molecule has 19 heavy (non-hydrogen) atoms. The molecule has 1 N–H and O–H groups in total. The van der Waals surface area contributed by atoms with E-state index in [9.17, 15) is 0 Å². The summed E-state index contributed by atoms with van der Waals surface area (Å²) in [5.74, 6) is 0. The van der Waals surface area contributed by atoms with Gasteiger partial charge in [-0.2, -0.15) is 5.10 Å². The van der Waals surface area contributed by atoms with Gasteiger partial charge in [0.05, 0.1) is 17.1 Å². The first-order chi connectivity index (χ1) is 9.24. The van der Waals surface area contributed by atoms with Crippen molar-refractivity contribution in [2.75, 3.05) is 0 Å². The van der Waals surface area contributed by atoms with E-state index in [1.54, 1.807) is 0 Å². The second kappa shape index (κ2) is 6.48. The lowest BCUT2D eigenvalue weighted by Crippen LogP contribution is -2.17. The summed E-state index contributed by atoms with van der Waals surface area (Å²) >= 11 is 0. The number of hydrogen-bond acceptors (Lipinski definition) is 3. The zero-order valence-corrected chi connectivity index (χ0v) is 12.0. The van der Waals surface area contributed by atoms with Crippen LogP contribution in [0.1, 0.15) is 36.5 Å². The Bertz CT molecular complexity index is 531. The van der Waals surface area contributed by atoms with E-state index in [1.165, 1.54) is 11.3 Å². The quantitative estimate of drug-likeness (QED) is 0.864. The van der Waals surface area contributed by atoms with E-state index in [2.05, 4.69) is 41.4 Å². The van der Waals surface area contributed by atoms with Crippen LogP contribution in [0.15, 0.2) is 24.4 Å². The van der Waals surface area contributed by atoms with Gasteiger partial charge in [0.2, 0.25) is 0 Å². The fraction of sp³-hybridized carbons (Fsp3) is 0.467. The molecule has 0 amide bonds. The van der Waals surface area contributed by atoms with Gasteiger partial charge in [-0.3, -0.25) is 9.67 Å². The van der Waals surface area contributed by atoms with Crippen LogP contribution in [-0.2, 0) is 33.0 Å². The van der Waals surface area contributed by atoms with Gasteiger partial charge in [0.25, 0.3) is 0 Å². The van der Waals surface area contributed by atoms with Crippen LogP contribution in [0.4, 0.5) is 0 Å². The van der Waals surface area contributed by atoms with Crippen LogP contribution in [0.3, 0.4) is 0 Å². The van der Waals surface area contributed by atoms with Crippen molar-refractivity contribution in [2.24, 2.45) is 7.05 Å². The molecular formula is C15H22N4. The fourth-order valence-electron chi connectivity index (χ4n) is 2.17. The van der Waals surface area contributed by atoms with Gasteiger partial charge in [-0.15, -0.1) is 0 Å². The Hall–Kier alpha value is -1.68. The zero-order chi connectivity index (χ0) is 13.7. The molecule has 2 aromatic heterocycles. The zero-order valence-electron chi connectivity index (χ0n) is 12.0. The predicted molar refractivity (Wildman–Crippen MR) is 76.7 cm³/mol. The van der Waals surface area contributed by atoms with Crippen molar-refractivity contribution < 1.29 is 0 Å². The highest BCUT2D eigenvalue weighted by Crippen LogP contribution is 2.07. The van der Waals surface area contributed by atoms with Crippen LogP contribution < -0.4 is 5.32 Å². The predicted octanol–water partition coefficient (Wildman–Crippen LogP) is 2.23. The molecule has 4 heteroatoms. The van der Waals surface area contributed by atoms with Crippen molar-refractivity contribution in [1.29, 1.82) is 0 Å². The average molecular weight is 258 g/mol. The molecule has 2 aromatic rings. The number of rotatable bonds is 6. The summed E-state index contributed by atoms with van der Waals surface area (Å²) in [5.41, 5.74) is 4.81. The third-order valence-electron chi connectivity index (χ3n) is 3.35. The molecule has 0 aliphatic rings. The van der Waals surface area contributed by atoms with E-state index < -0.39 is 0 Å². The standard InChI is InChI=1S/C15H22N4/c1-4-12-7-6-8-17-15(12)11-16-10-14-9-13(5-2)18-19(14)3/h6-9,16H,4-5,10-11H2,1-3H3. The Balaban J connectivity index is 1.94. The summed E-state index contributed by atoms with van der Waals surface area (Å²) in [6.07, 6.45) is 3.86. The van der Waals surface area contributed by atoms with Gasteiger partial charge in [-0.1, -0.05) is 19.9 Å². The van der Waals surface area contributed by atoms with Crippen LogP contribution in [0.25, 0.3) is 0 Å². The van der Waals surface area contributed by atoms with Crippen molar-refractivity contribution in [2.45, 2.75) is 39.8 Å². The van der Waals surface area contributed by atoms with Crippen molar-refractivity contribution in [1.82, 2.24) is 20.1 Å². The van der Waals surface area contributed by atoms with E-state index in [-0.39, 0.29) is 0 Å². The van der Waals surface area contributed by atoms with Crippen molar-refractivity contribution in [3.63, 3.8) is 0 Å². The molecule has 0 spiro atoms. The Morgan fingerprint density at radius 3 is 2.74 bits per heavy atom. The highest BCUT2D eigenvalue weighted by molar-refractivity contribution is 5.19. The molecule has 0 aliphatic carbocycles. The number of nitrogens with zero attached hydrogens (tertiary/aromatic N) is 3. The van der Waals surface area contributed by atoms with E-state index in [1.807, 2.05) is 24.0 Å². The molecule has 4 nitrogen and oxygen atoms in total. The Kier molecular flexibility index (Phi) is 4.68. The topological polar surface area (TPSA) is 42.7 Å². The maximum Gasteiger partial charge on any atom is 0.0625 e. The summed E-state index contributed by atoms with van der Waals surface area (Å²) in [6.45, 7) is 5.91. The van der Waals surface area contributed by atoms with Gasteiger partial charge in [0, 0.05) is 26.3 Å². The van der Waals surface area contributed by atoms with Crippen LogP contribution in [-0.4, -0.2) is 14.8 Å². The first-order valence-electron chi connectivity index (χ1n) is 6.89. The Morgan fingerprint density at radius 1 is 1.21 bits per heavy atom. The molecule has 0 bridgehead atoms. The fourth-order valence-corrected chi connectivity index (χ4v) is 2.17. The molecule has 0 saturated carbocycles. The normalized spacial score (nSPS) is 10.9. The summed E-state index contributed by atoms with van der Waals surface area (Å²) < 4.78 is 1.95. The third kappa shape index (κ3) is 3.41. The van der Waals surface area contributed by atoms with Crippen LogP contribution >= 0.6 is 0 Å². The number of aryl methyl sites for hydroxylation is 3. The molecule has 0 aromatic carbocycles. The van der Waals surface area contributed by atoms with E-state index in [0.29, 0.717) is 0 Å². The highest BCUT2D eigenvalue weighted by Gasteiger charge is 2.05. The first-order valence-corrected chi connectivity index (χ1v) is 6.89. The van der Waals surface area contributed by atoms with E-state index in [0.717, 1.165) is 37.3 Å².